The van der Waals surface area contributed by atoms with Crippen molar-refractivity contribution >= 4 is 45.1 Å². The Balaban J connectivity index is 1.57. The van der Waals surface area contributed by atoms with Crippen LogP contribution in [0.15, 0.2) is 53.5 Å². The molecular formula is C22H18IN3OS. The minimum atomic E-state index is 0.193. The van der Waals surface area contributed by atoms with Crippen molar-refractivity contribution in [3.05, 3.63) is 79.2 Å². The molecule has 0 radical (unpaired) electrons. The molecule has 1 aromatic heterocycles. The molecule has 4 nitrogen and oxygen atoms in total. The maximum absolute atomic E-state index is 10.0. The van der Waals surface area contributed by atoms with E-state index < -0.39 is 0 Å². The Labute approximate surface area is 181 Å². The third-order valence-electron chi connectivity index (χ3n) is 4.79. The first-order valence-corrected chi connectivity index (χ1v) is 10.9. The van der Waals surface area contributed by atoms with Gasteiger partial charge in [0.2, 0.25) is 0 Å². The highest BCUT2D eigenvalue weighted by Crippen LogP contribution is 2.38. The van der Waals surface area contributed by atoms with Crippen LogP contribution in [-0.2, 0) is 19.5 Å². The SMILES string of the molecule is N#Cc1c(N=Cc2cc(I)ccc2O)sc2c1CCN(Cc1ccccc1)C2. The number of fused-ring (bicyclic) bond motifs is 1. The molecule has 140 valence electrons. The number of nitriles is 1. The summed E-state index contributed by atoms with van der Waals surface area (Å²) in [6.45, 7) is 2.69. The third kappa shape index (κ3) is 4.12. The van der Waals surface area contributed by atoms with Crippen LogP contribution in [0.3, 0.4) is 0 Å². The van der Waals surface area contributed by atoms with E-state index in [1.807, 2.05) is 18.2 Å². The van der Waals surface area contributed by atoms with Crippen molar-refractivity contribution in [2.24, 2.45) is 4.99 Å². The lowest BCUT2D eigenvalue weighted by Crippen LogP contribution is -2.29. The first kappa shape index (κ1) is 19.1. The maximum Gasteiger partial charge on any atom is 0.134 e. The summed E-state index contributed by atoms with van der Waals surface area (Å²) in [5, 5.41) is 20.4. The molecule has 4 rings (SSSR count). The lowest BCUT2D eigenvalue weighted by atomic mass is 10.0. The van der Waals surface area contributed by atoms with Crippen LogP contribution < -0.4 is 0 Å². The van der Waals surface area contributed by atoms with Gasteiger partial charge in [0, 0.05) is 39.9 Å². The fraction of sp³-hybridized carbons (Fsp3) is 0.182. The largest absolute Gasteiger partial charge is 0.507 e. The van der Waals surface area contributed by atoms with E-state index >= 15 is 0 Å². The number of thiophene rings is 1. The van der Waals surface area contributed by atoms with Gasteiger partial charge in [-0.15, -0.1) is 11.3 Å². The first-order valence-electron chi connectivity index (χ1n) is 8.97. The molecule has 0 atom stereocenters. The molecule has 28 heavy (non-hydrogen) atoms. The zero-order valence-electron chi connectivity index (χ0n) is 15.1. The second-order valence-corrected chi connectivity index (χ2v) is 9.03. The number of phenols is 1. The summed E-state index contributed by atoms with van der Waals surface area (Å²) in [5.41, 5.74) is 3.78. The first-order chi connectivity index (χ1) is 13.6. The Kier molecular flexibility index (Phi) is 5.76. The van der Waals surface area contributed by atoms with Gasteiger partial charge in [-0.1, -0.05) is 30.3 Å². The van der Waals surface area contributed by atoms with Gasteiger partial charge in [-0.3, -0.25) is 4.90 Å². The number of rotatable bonds is 4. The monoisotopic (exact) mass is 499 g/mol. The normalized spacial score (nSPS) is 14.1. The lowest BCUT2D eigenvalue weighted by molar-refractivity contribution is 0.249. The van der Waals surface area contributed by atoms with E-state index in [9.17, 15) is 10.4 Å². The molecule has 1 aliphatic heterocycles. The number of nitrogens with zero attached hydrogens (tertiary/aromatic N) is 3. The Hall–Kier alpha value is -2.21. The van der Waals surface area contributed by atoms with Crippen LogP contribution in [-0.4, -0.2) is 22.8 Å². The highest BCUT2D eigenvalue weighted by molar-refractivity contribution is 14.1. The van der Waals surface area contributed by atoms with E-state index in [0.717, 1.165) is 40.2 Å². The Morgan fingerprint density at radius 2 is 2.07 bits per heavy atom. The summed E-state index contributed by atoms with van der Waals surface area (Å²) in [5.74, 6) is 0.193. The summed E-state index contributed by atoms with van der Waals surface area (Å²) >= 11 is 3.79. The van der Waals surface area contributed by atoms with Crippen molar-refractivity contribution < 1.29 is 5.11 Å². The average molecular weight is 499 g/mol. The number of benzene rings is 2. The van der Waals surface area contributed by atoms with Crippen molar-refractivity contribution in [2.75, 3.05) is 6.54 Å². The molecule has 1 aliphatic rings. The molecule has 0 fully saturated rings. The van der Waals surface area contributed by atoms with Crippen LogP contribution in [0.1, 0.15) is 27.1 Å². The van der Waals surface area contributed by atoms with E-state index in [1.165, 1.54) is 10.4 Å². The van der Waals surface area contributed by atoms with E-state index in [1.54, 1.807) is 23.6 Å². The zero-order chi connectivity index (χ0) is 19.5. The maximum atomic E-state index is 10.0. The molecule has 2 heterocycles. The molecule has 3 aromatic rings. The highest BCUT2D eigenvalue weighted by atomic mass is 127. The molecule has 0 saturated carbocycles. The second-order valence-electron chi connectivity index (χ2n) is 6.70. The number of halogens is 1. The molecule has 1 N–H and O–H groups in total. The van der Waals surface area contributed by atoms with Crippen LogP contribution >= 0.6 is 33.9 Å². The fourth-order valence-corrected chi connectivity index (χ4v) is 5.08. The van der Waals surface area contributed by atoms with Crippen molar-refractivity contribution in [3.8, 4) is 11.8 Å². The van der Waals surface area contributed by atoms with Crippen LogP contribution in [0, 0.1) is 14.9 Å². The van der Waals surface area contributed by atoms with Gasteiger partial charge in [0.1, 0.15) is 16.8 Å². The number of hydrogen-bond acceptors (Lipinski definition) is 5. The third-order valence-corrected chi connectivity index (χ3v) is 6.58. The van der Waals surface area contributed by atoms with Gasteiger partial charge in [-0.25, -0.2) is 4.99 Å². The molecule has 0 amide bonds. The quantitative estimate of drug-likeness (QED) is 0.395. The van der Waals surface area contributed by atoms with E-state index in [0.29, 0.717) is 11.1 Å². The summed E-state index contributed by atoms with van der Waals surface area (Å²) < 4.78 is 1.03. The van der Waals surface area contributed by atoms with Crippen LogP contribution in [0.25, 0.3) is 0 Å². The number of aromatic hydroxyl groups is 1. The Morgan fingerprint density at radius 3 is 2.86 bits per heavy atom. The van der Waals surface area contributed by atoms with Gasteiger partial charge in [-0.2, -0.15) is 5.26 Å². The molecule has 0 aliphatic carbocycles. The zero-order valence-corrected chi connectivity index (χ0v) is 18.1. The summed E-state index contributed by atoms with van der Waals surface area (Å²) in [6, 6.07) is 18.2. The average Bonchev–Trinajstić information content (AvgIpc) is 3.06. The van der Waals surface area contributed by atoms with Crippen LogP contribution in [0.2, 0.25) is 0 Å². The van der Waals surface area contributed by atoms with E-state index in [2.05, 4.69) is 62.8 Å². The predicted molar refractivity (Wildman–Crippen MR) is 121 cm³/mol. The number of phenolic OH excluding ortho intramolecular Hbond substituents is 1. The van der Waals surface area contributed by atoms with Crippen LogP contribution in [0.5, 0.6) is 5.75 Å². The van der Waals surface area contributed by atoms with Gasteiger partial charge < -0.3 is 5.11 Å². The second kappa shape index (κ2) is 8.43. The number of hydrogen-bond donors (Lipinski definition) is 1. The van der Waals surface area contributed by atoms with Crippen molar-refractivity contribution in [1.82, 2.24) is 4.90 Å². The van der Waals surface area contributed by atoms with Gasteiger partial charge in [0.25, 0.3) is 0 Å². The summed E-state index contributed by atoms with van der Waals surface area (Å²) in [6.07, 6.45) is 2.52. The van der Waals surface area contributed by atoms with Gasteiger partial charge in [0.15, 0.2) is 0 Å². The molecule has 0 unspecified atom stereocenters. The lowest BCUT2D eigenvalue weighted by Gasteiger charge is -2.26. The molecular weight excluding hydrogens is 481 g/mol. The van der Waals surface area contributed by atoms with Crippen LogP contribution in [0.4, 0.5) is 5.00 Å². The Bertz CT molecular complexity index is 1070. The molecule has 2 aromatic carbocycles. The smallest absolute Gasteiger partial charge is 0.134 e. The molecule has 0 saturated heterocycles. The van der Waals surface area contributed by atoms with Crippen molar-refractivity contribution in [1.29, 1.82) is 5.26 Å². The van der Waals surface area contributed by atoms with Gasteiger partial charge >= 0.3 is 0 Å². The summed E-state index contributed by atoms with van der Waals surface area (Å²) in [4.78, 5) is 8.18. The standard InChI is InChI=1S/C22H18IN3OS/c23-17-6-7-20(27)16(10-17)12-25-22-19(11-24)18-8-9-26(14-21(18)28-22)13-15-4-2-1-3-5-15/h1-7,10,12,27H,8-9,13-14H2. The number of aliphatic imine (C=N–C) groups is 1. The Morgan fingerprint density at radius 1 is 1.25 bits per heavy atom. The van der Waals surface area contributed by atoms with Crippen molar-refractivity contribution in [2.45, 2.75) is 19.5 Å². The summed E-state index contributed by atoms with van der Waals surface area (Å²) in [7, 11) is 0. The highest BCUT2D eigenvalue weighted by Gasteiger charge is 2.24. The minimum Gasteiger partial charge on any atom is -0.507 e. The van der Waals surface area contributed by atoms with E-state index in [4.69, 9.17) is 0 Å². The predicted octanol–water partition coefficient (Wildman–Crippen LogP) is 5.24. The molecule has 0 bridgehead atoms. The topological polar surface area (TPSA) is 59.6 Å². The van der Waals surface area contributed by atoms with Gasteiger partial charge in [-0.05, 0) is 58.3 Å². The van der Waals surface area contributed by atoms with E-state index in [-0.39, 0.29) is 5.75 Å². The van der Waals surface area contributed by atoms with Crippen molar-refractivity contribution in [3.63, 3.8) is 0 Å². The molecule has 6 heteroatoms. The fourth-order valence-electron chi connectivity index (χ4n) is 3.38. The molecule has 0 spiro atoms. The van der Waals surface area contributed by atoms with Gasteiger partial charge in [0.05, 0.1) is 5.56 Å². The minimum absolute atomic E-state index is 0.193.